The van der Waals surface area contributed by atoms with Crippen LogP contribution in [0, 0.1) is 17.3 Å². The zero-order chi connectivity index (χ0) is 15.0. The second kappa shape index (κ2) is 5.43. The molecule has 1 N–H and O–H groups in total. The Morgan fingerprint density at radius 2 is 1.71 bits per heavy atom. The first-order chi connectivity index (χ1) is 10.0. The van der Waals surface area contributed by atoms with Crippen LogP contribution in [-0.4, -0.2) is 29.3 Å². The summed E-state index contributed by atoms with van der Waals surface area (Å²) < 4.78 is 0. The van der Waals surface area contributed by atoms with Crippen LogP contribution in [0.1, 0.15) is 58.3 Å². The minimum absolute atomic E-state index is 0.243. The van der Waals surface area contributed by atoms with Gasteiger partial charge in [-0.3, -0.25) is 19.8 Å². The first kappa shape index (κ1) is 14.5. The highest BCUT2D eigenvalue weighted by molar-refractivity contribution is 6.19. The van der Waals surface area contributed by atoms with E-state index < -0.39 is 11.4 Å². The summed E-state index contributed by atoms with van der Waals surface area (Å²) in [6.45, 7) is 2.73. The Morgan fingerprint density at radius 3 is 2.33 bits per heavy atom. The molecule has 0 bridgehead atoms. The van der Waals surface area contributed by atoms with Crippen molar-refractivity contribution in [2.45, 2.75) is 58.3 Å². The van der Waals surface area contributed by atoms with Crippen molar-refractivity contribution in [1.29, 1.82) is 0 Å². The Kier molecular flexibility index (Phi) is 3.76. The fourth-order valence-electron chi connectivity index (χ4n) is 4.09. The van der Waals surface area contributed by atoms with Crippen LogP contribution in [0.4, 0.5) is 4.79 Å². The van der Waals surface area contributed by atoms with Gasteiger partial charge in [0.2, 0.25) is 11.8 Å². The van der Waals surface area contributed by atoms with Gasteiger partial charge in [-0.15, -0.1) is 0 Å². The standard InChI is InChI=1S/C16H24N2O3/c1-11-4-6-12(7-5-11)10-18-14(20)16(8-2-3-9-16)13(19)17-15(18)21/h11-12H,2-10H2,1H3,(H,17,19,21). The largest absolute Gasteiger partial charge is 0.330 e. The maximum absolute atomic E-state index is 12.8. The SMILES string of the molecule is CC1CCC(CN2C(=O)NC(=O)C3(CCCC3)C2=O)CC1. The molecular weight excluding hydrogens is 268 g/mol. The van der Waals surface area contributed by atoms with Crippen molar-refractivity contribution >= 4 is 17.8 Å². The quantitative estimate of drug-likeness (QED) is 0.795. The molecule has 4 amide bonds. The van der Waals surface area contributed by atoms with E-state index in [1.165, 1.54) is 17.7 Å². The van der Waals surface area contributed by atoms with E-state index in [2.05, 4.69) is 12.2 Å². The number of urea groups is 1. The minimum Gasteiger partial charge on any atom is -0.277 e. The van der Waals surface area contributed by atoms with Crippen LogP contribution in [0.2, 0.25) is 0 Å². The molecule has 1 aliphatic heterocycles. The molecule has 5 heteroatoms. The number of amides is 4. The number of nitrogens with one attached hydrogen (secondary N) is 1. The molecule has 2 aliphatic carbocycles. The van der Waals surface area contributed by atoms with Gasteiger partial charge in [0.25, 0.3) is 0 Å². The van der Waals surface area contributed by atoms with Crippen molar-refractivity contribution in [3.8, 4) is 0 Å². The number of rotatable bonds is 2. The molecule has 5 nitrogen and oxygen atoms in total. The molecule has 3 rings (SSSR count). The van der Waals surface area contributed by atoms with Crippen LogP contribution in [0.3, 0.4) is 0 Å². The summed E-state index contributed by atoms with van der Waals surface area (Å²) in [5, 5.41) is 2.42. The van der Waals surface area contributed by atoms with Crippen molar-refractivity contribution < 1.29 is 14.4 Å². The molecule has 3 aliphatic rings. The smallest absolute Gasteiger partial charge is 0.277 e. The summed E-state index contributed by atoms with van der Waals surface area (Å²) >= 11 is 0. The van der Waals surface area contributed by atoms with Gasteiger partial charge in [0.05, 0.1) is 0 Å². The lowest BCUT2D eigenvalue weighted by atomic mass is 9.80. The first-order valence-corrected chi connectivity index (χ1v) is 8.20. The fourth-order valence-corrected chi connectivity index (χ4v) is 4.09. The third kappa shape index (κ3) is 2.47. The second-order valence-corrected chi connectivity index (χ2v) is 7.09. The number of barbiturate groups is 1. The van der Waals surface area contributed by atoms with Gasteiger partial charge in [0.1, 0.15) is 5.41 Å². The number of hydrogen-bond donors (Lipinski definition) is 1. The van der Waals surface area contributed by atoms with Crippen molar-refractivity contribution in [2.75, 3.05) is 6.54 Å². The molecule has 2 saturated carbocycles. The van der Waals surface area contributed by atoms with Crippen LogP contribution >= 0.6 is 0 Å². The zero-order valence-corrected chi connectivity index (χ0v) is 12.7. The van der Waals surface area contributed by atoms with Crippen molar-refractivity contribution in [2.24, 2.45) is 17.3 Å². The number of nitrogens with zero attached hydrogens (tertiary/aromatic N) is 1. The first-order valence-electron chi connectivity index (χ1n) is 8.20. The summed E-state index contributed by atoms with van der Waals surface area (Å²) in [5.74, 6) is 0.522. The lowest BCUT2D eigenvalue weighted by Gasteiger charge is -2.39. The van der Waals surface area contributed by atoms with Gasteiger partial charge in [-0.2, -0.15) is 0 Å². The van der Waals surface area contributed by atoms with E-state index in [0.29, 0.717) is 25.3 Å². The maximum Gasteiger partial charge on any atom is 0.330 e. The number of carbonyl (C=O) groups excluding carboxylic acids is 3. The van der Waals surface area contributed by atoms with E-state index in [1.54, 1.807) is 0 Å². The van der Waals surface area contributed by atoms with Gasteiger partial charge in [-0.1, -0.05) is 32.6 Å². The third-order valence-electron chi connectivity index (χ3n) is 5.59. The molecule has 0 aromatic carbocycles. The van der Waals surface area contributed by atoms with Gasteiger partial charge >= 0.3 is 6.03 Å². The summed E-state index contributed by atoms with van der Waals surface area (Å²) in [5.41, 5.74) is -0.949. The normalized spacial score (nSPS) is 32.6. The Labute approximate surface area is 125 Å². The number of hydrogen-bond acceptors (Lipinski definition) is 3. The van der Waals surface area contributed by atoms with E-state index in [1.807, 2.05) is 0 Å². The minimum atomic E-state index is -0.949. The van der Waals surface area contributed by atoms with Crippen LogP contribution in [0.5, 0.6) is 0 Å². The predicted molar refractivity (Wildman–Crippen MR) is 77.3 cm³/mol. The van der Waals surface area contributed by atoms with Crippen molar-refractivity contribution in [3.63, 3.8) is 0 Å². The highest BCUT2D eigenvalue weighted by Crippen LogP contribution is 2.42. The van der Waals surface area contributed by atoms with Crippen LogP contribution in [-0.2, 0) is 9.59 Å². The van der Waals surface area contributed by atoms with Crippen molar-refractivity contribution in [1.82, 2.24) is 10.2 Å². The Morgan fingerprint density at radius 1 is 1.10 bits per heavy atom. The van der Waals surface area contributed by atoms with Crippen molar-refractivity contribution in [3.05, 3.63) is 0 Å². The van der Waals surface area contributed by atoms with Gasteiger partial charge < -0.3 is 0 Å². The number of carbonyl (C=O) groups is 3. The molecule has 1 saturated heterocycles. The third-order valence-corrected chi connectivity index (χ3v) is 5.59. The van der Waals surface area contributed by atoms with Crippen LogP contribution < -0.4 is 5.32 Å². The molecule has 0 unspecified atom stereocenters. The van der Waals surface area contributed by atoms with E-state index in [4.69, 9.17) is 0 Å². The molecule has 0 atom stereocenters. The molecule has 1 spiro atoms. The van der Waals surface area contributed by atoms with E-state index in [0.717, 1.165) is 31.6 Å². The molecular formula is C16H24N2O3. The molecule has 0 aromatic rings. The Bertz CT molecular complexity index is 460. The maximum atomic E-state index is 12.8. The van der Waals surface area contributed by atoms with Crippen LogP contribution in [0.25, 0.3) is 0 Å². The second-order valence-electron chi connectivity index (χ2n) is 7.09. The summed E-state index contributed by atoms with van der Waals surface area (Å²) in [7, 11) is 0. The Hall–Kier alpha value is -1.39. The van der Waals surface area contributed by atoms with E-state index in [-0.39, 0.29) is 11.8 Å². The molecule has 0 radical (unpaired) electrons. The number of imide groups is 2. The summed E-state index contributed by atoms with van der Waals surface area (Å²) in [6, 6.07) is -0.513. The van der Waals surface area contributed by atoms with Gasteiger partial charge in [-0.05, 0) is 37.5 Å². The topological polar surface area (TPSA) is 66.5 Å². The van der Waals surface area contributed by atoms with Gasteiger partial charge in [-0.25, -0.2) is 4.79 Å². The monoisotopic (exact) mass is 292 g/mol. The zero-order valence-electron chi connectivity index (χ0n) is 12.7. The van der Waals surface area contributed by atoms with Gasteiger partial charge in [0.15, 0.2) is 0 Å². The average molecular weight is 292 g/mol. The lowest BCUT2D eigenvalue weighted by Crippen LogP contribution is -2.63. The fraction of sp³-hybridized carbons (Fsp3) is 0.812. The molecule has 3 fully saturated rings. The Balaban J connectivity index is 1.73. The molecule has 116 valence electrons. The average Bonchev–Trinajstić information content (AvgIpc) is 2.95. The predicted octanol–water partition coefficient (Wildman–Crippen LogP) is 2.45. The molecule has 21 heavy (non-hydrogen) atoms. The van der Waals surface area contributed by atoms with Gasteiger partial charge in [0, 0.05) is 6.54 Å². The molecule has 1 heterocycles. The lowest BCUT2D eigenvalue weighted by molar-refractivity contribution is -0.151. The van der Waals surface area contributed by atoms with E-state index in [9.17, 15) is 14.4 Å². The van der Waals surface area contributed by atoms with E-state index >= 15 is 0 Å². The highest BCUT2D eigenvalue weighted by Gasteiger charge is 2.55. The van der Waals surface area contributed by atoms with Crippen LogP contribution in [0.15, 0.2) is 0 Å². The molecule has 0 aromatic heterocycles. The summed E-state index contributed by atoms with van der Waals surface area (Å²) in [4.78, 5) is 38.3. The highest BCUT2D eigenvalue weighted by atomic mass is 16.2. The summed E-state index contributed by atoms with van der Waals surface area (Å²) in [6.07, 6.45) is 7.42.